The Hall–Kier alpha value is -5.55. The van der Waals surface area contributed by atoms with Gasteiger partial charge in [0.25, 0.3) is 5.91 Å². The third-order valence-electron chi connectivity index (χ3n) is 6.89. The summed E-state index contributed by atoms with van der Waals surface area (Å²) in [6, 6.07) is 16.4. The van der Waals surface area contributed by atoms with Gasteiger partial charge >= 0.3 is 12.0 Å². The molecule has 0 aliphatic carbocycles. The summed E-state index contributed by atoms with van der Waals surface area (Å²) in [5.41, 5.74) is 5.48. The van der Waals surface area contributed by atoms with Crippen LogP contribution in [0.3, 0.4) is 0 Å². The Morgan fingerprint density at radius 1 is 1.04 bits per heavy atom. The number of esters is 1. The number of nitrogens with one attached hydrogen (secondary N) is 3. The van der Waals surface area contributed by atoms with Crippen LogP contribution in [0.1, 0.15) is 49.1 Å². The largest absolute Gasteiger partial charge is 0.493 e. The van der Waals surface area contributed by atoms with Crippen LogP contribution in [-0.2, 0) is 20.9 Å². The van der Waals surface area contributed by atoms with Gasteiger partial charge < -0.3 is 34.3 Å². The van der Waals surface area contributed by atoms with Crippen molar-refractivity contribution in [1.29, 1.82) is 5.26 Å². The Bertz CT molecular complexity index is 1790. The predicted molar refractivity (Wildman–Crippen MR) is 179 cm³/mol. The van der Waals surface area contributed by atoms with Crippen molar-refractivity contribution < 1.29 is 38.1 Å². The van der Waals surface area contributed by atoms with E-state index >= 15 is 0 Å². The van der Waals surface area contributed by atoms with Gasteiger partial charge in [0.15, 0.2) is 29.6 Å². The van der Waals surface area contributed by atoms with Crippen LogP contribution in [0.4, 0.5) is 4.79 Å². The van der Waals surface area contributed by atoms with Crippen LogP contribution in [0.2, 0.25) is 0 Å². The van der Waals surface area contributed by atoms with Crippen molar-refractivity contribution >= 4 is 40.1 Å². The lowest BCUT2D eigenvalue weighted by atomic mass is 9.95. The van der Waals surface area contributed by atoms with Gasteiger partial charge in [0.1, 0.15) is 6.61 Å². The van der Waals surface area contributed by atoms with E-state index in [-0.39, 0.29) is 36.9 Å². The van der Waals surface area contributed by atoms with E-state index in [1.807, 2.05) is 19.1 Å². The molecule has 250 valence electrons. The molecule has 0 saturated carbocycles. The number of nitrogens with zero attached hydrogens (tertiary/aromatic N) is 2. The van der Waals surface area contributed by atoms with Crippen LogP contribution in [0.25, 0.3) is 0 Å². The van der Waals surface area contributed by atoms with Crippen molar-refractivity contribution in [1.82, 2.24) is 16.1 Å². The number of carbonyl (C=O) groups excluding carboxylic acids is 3. The second kappa shape index (κ2) is 16.8. The molecule has 1 aliphatic rings. The molecule has 1 atom stereocenters. The van der Waals surface area contributed by atoms with E-state index in [1.54, 1.807) is 56.3 Å². The molecule has 13 nitrogen and oxygen atoms in total. The number of hydrogen-bond donors (Lipinski definition) is 3. The number of amides is 3. The second-order valence-corrected chi connectivity index (χ2v) is 11.0. The first-order valence-corrected chi connectivity index (χ1v) is 15.6. The zero-order valence-electron chi connectivity index (χ0n) is 26.7. The highest BCUT2D eigenvalue weighted by molar-refractivity contribution is 9.10. The molecule has 1 heterocycles. The molecule has 0 radical (unpaired) electrons. The normalized spacial score (nSPS) is 14.0. The predicted octanol–water partition coefficient (Wildman–Crippen LogP) is 5.03. The van der Waals surface area contributed by atoms with Crippen molar-refractivity contribution in [3.63, 3.8) is 0 Å². The number of benzene rings is 3. The fourth-order valence-electron chi connectivity index (χ4n) is 4.73. The van der Waals surface area contributed by atoms with Gasteiger partial charge in [-0.15, -0.1) is 0 Å². The maximum atomic E-state index is 12.6. The molecule has 14 heteroatoms. The summed E-state index contributed by atoms with van der Waals surface area (Å²) in [5, 5.41) is 18.7. The number of methoxy groups -OCH3 is 1. The average molecular weight is 721 g/mol. The minimum atomic E-state index is -0.789. The number of hydrazone groups is 1. The second-order valence-electron chi connectivity index (χ2n) is 10.1. The number of rotatable bonds is 14. The Balaban J connectivity index is 1.40. The molecule has 3 aromatic carbocycles. The van der Waals surface area contributed by atoms with Crippen molar-refractivity contribution in [2.45, 2.75) is 33.4 Å². The Morgan fingerprint density at radius 3 is 2.56 bits per heavy atom. The van der Waals surface area contributed by atoms with Crippen LogP contribution >= 0.6 is 15.9 Å². The van der Waals surface area contributed by atoms with E-state index in [0.29, 0.717) is 45.0 Å². The molecule has 48 heavy (non-hydrogen) atoms. The zero-order valence-corrected chi connectivity index (χ0v) is 28.3. The maximum Gasteiger partial charge on any atom is 0.338 e. The molecule has 0 fully saturated rings. The number of carbonyl (C=O) groups is 3. The Morgan fingerprint density at radius 2 is 1.83 bits per heavy atom. The van der Waals surface area contributed by atoms with Crippen LogP contribution in [0.15, 0.2) is 75.4 Å². The first kappa shape index (κ1) is 35.3. The lowest BCUT2D eigenvalue weighted by molar-refractivity contribution is -0.139. The molecule has 0 spiro atoms. The Kier molecular flexibility index (Phi) is 12.4. The summed E-state index contributed by atoms with van der Waals surface area (Å²) in [6.45, 7) is 5.50. The van der Waals surface area contributed by atoms with Crippen molar-refractivity contribution in [3.8, 4) is 29.1 Å². The van der Waals surface area contributed by atoms with Gasteiger partial charge in [0.2, 0.25) is 0 Å². The number of halogens is 1. The molecular formula is C34H34BrN5O8. The van der Waals surface area contributed by atoms with E-state index in [1.165, 1.54) is 13.3 Å². The molecule has 3 amide bonds. The molecule has 3 N–H and O–H groups in total. The standard InChI is InChI=1S/C34H34BrN5O8/c1-5-45-28-14-21(13-25(35)32(28)48-18-24-10-8-7-9-23(24)16-36)17-37-40-29(41)19-47-26-12-11-22(15-27(26)44-4)31-30(33(42)46-6-2)20(3)38-34(43)39-31/h7-15,17,31H,5-6,18-19H2,1-4H3,(H,40,41)(H2,38,39,43)/b37-17-/t31-/m1/s1. The van der Waals surface area contributed by atoms with Crippen LogP contribution < -0.4 is 35.0 Å². The third-order valence-corrected chi connectivity index (χ3v) is 7.48. The van der Waals surface area contributed by atoms with Gasteiger partial charge in [-0.1, -0.05) is 24.3 Å². The van der Waals surface area contributed by atoms with Crippen molar-refractivity contribution in [2.24, 2.45) is 5.10 Å². The highest BCUT2D eigenvalue weighted by atomic mass is 79.9. The summed E-state index contributed by atoms with van der Waals surface area (Å²) >= 11 is 3.52. The first-order chi connectivity index (χ1) is 23.2. The number of hydrogen-bond acceptors (Lipinski definition) is 10. The molecular weight excluding hydrogens is 686 g/mol. The SMILES string of the molecule is CCOC(=O)C1=C(C)NC(=O)N[C@@H]1c1ccc(OCC(=O)N/N=C\c2cc(Br)c(OCc3ccccc3C#N)c(OCC)c2)c(OC)c1. The van der Waals surface area contributed by atoms with E-state index in [0.717, 1.165) is 5.56 Å². The lowest BCUT2D eigenvalue weighted by Crippen LogP contribution is -2.45. The smallest absolute Gasteiger partial charge is 0.338 e. The highest BCUT2D eigenvalue weighted by Gasteiger charge is 2.32. The fraction of sp³-hybridized carbons (Fsp3) is 0.265. The topological polar surface area (TPSA) is 170 Å². The zero-order chi connectivity index (χ0) is 34.6. The van der Waals surface area contributed by atoms with E-state index in [2.05, 4.69) is 43.2 Å². The quantitative estimate of drug-likeness (QED) is 0.118. The van der Waals surface area contributed by atoms with Gasteiger partial charge in [0, 0.05) is 11.3 Å². The molecule has 0 aromatic heterocycles. The van der Waals surface area contributed by atoms with Crippen LogP contribution in [0, 0.1) is 11.3 Å². The summed E-state index contributed by atoms with van der Waals surface area (Å²) in [7, 11) is 1.43. The number of nitriles is 1. The number of ether oxygens (including phenoxy) is 5. The molecule has 0 saturated heterocycles. The third kappa shape index (κ3) is 8.83. The summed E-state index contributed by atoms with van der Waals surface area (Å²) in [6.07, 6.45) is 1.44. The first-order valence-electron chi connectivity index (χ1n) is 14.8. The molecule has 1 aliphatic heterocycles. The van der Waals surface area contributed by atoms with E-state index in [9.17, 15) is 19.6 Å². The van der Waals surface area contributed by atoms with Crippen LogP contribution in [-0.4, -0.2) is 51.1 Å². The number of allylic oxidation sites excluding steroid dienone is 1. The van der Waals surface area contributed by atoms with Gasteiger partial charge in [-0.3, -0.25) is 4.79 Å². The average Bonchev–Trinajstić information content (AvgIpc) is 3.07. The maximum absolute atomic E-state index is 12.6. The van der Waals surface area contributed by atoms with Gasteiger partial charge in [-0.05, 0) is 78.2 Å². The molecule has 3 aromatic rings. The van der Waals surface area contributed by atoms with Gasteiger partial charge in [-0.2, -0.15) is 10.4 Å². The Labute approximate surface area is 286 Å². The highest BCUT2D eigenvalue weighted by Crippen LogP contribution is 2.38. The van der Waals surface area contributed by atoms with Gasteiger partial charge in [0.05, 0.1) is 54.3 Å². The minimum Gasteiger partial charge on any atom is -0.493 e. The summed E-state index contributed by atoms with van der Waals surface area (Å²) in [4.78, 5) is 37.4. The summed E-state index contributed by atoms with van der Waals surface area (Å²) in [5.74, 6) is 0.364. The number of urea groups is 1. The fourth-order valence-corrected chi connectivity index (χ4v) is 5.31. The molecule has 4 rings (SSSR count). The van der Waals surface area contributed by atoms with Crippen molar-refractivity contribution in [2.75, 3.05) is 26.9 Å². The minimum absolute atomic E-state index is 0.166. The van der Waals surface area contributed by atoms with E-state index < -0.39 is 23.9 Å². The van der Waals surface area contributed by atoms with Crippen molar-refractivity contribution in [3.05, 3.63) is 92.6 Å². The van der Waals surface area contributed by atoms with Gasteiger partial charge in [-0.25, -0.2) is 15.0 Å². The monoisotopic (exact) mass is 719 g/mol. The van der Waals surface area contributed by atoms with E-state index in [4.69, 9.17) is 23.7 Å². The lowest BCUT2D eigenvalue weighted by Gasteiger charge is -2.28. The molecule has 0 unspecified atom stereocenters. The van der Waals surface area contributed by atoms with Crippen LogP contribution in [0.5, 0.6) is 23.0 Å². The molecule has 0 bridgehead atoms. The summed E-state index contributed by atoms with van der Waals surface area (Å²) < 4.78 is 28.7.